The number of benzene rings is 2. The van der Waals surface area contributed by atoms with E-state index in [1.165, 1.54) is 18.2 Å². The molecule has 3 rings (SSSR count). The second kappa shape index (κ2) is 6.62. The lowest BCUT2D eigenvalue weighted by molar-refractivity contribution is -0.398. The molecule has 0 radical (unpaired) electrons. The number of nitrogens with zero attached hydrogens (tertiary/aromatic N) is 2. The number of anilines is 1. The van der Waals surface area contributed by atoms with E-state index in [0.717, 1.165) is 12.1 Å². The first kappa shape index (κ1) is 18.8. The number of nitro groups is 1. The summed E-state index contributed by atoms with van der Waals surface area (Å²) in [5.41, 5.74) is -1.13. The summed E-state index contributed by atoms with van der Waals surface area (Å²) in [6, 6.07) is 7.64. The molecule has 27 heavy (non-hydrogen) atoms. The maximum atomic E-state index is 13.0. The van der Waals surface area contributed by atoms with Crippen molar-refractivity contribution in [2.24, 2.45) is 0 Å². The zero-order valence-corrected chi connectivity index (χ0v) is 14.0. The second-order valence-corrected chi connectivity index (χ2v) is 6.18. The summed E-state index contributed by atoms with van der Waals surface area (Å²) >= 11 is 5.81. The van der Waals surface area contributed by atoms with Gasteiger partial charge in [-0.3, -0.25) is 14.9 Å². The fourth-order valence-corrected chi connectivity index (χ4v) is 3.05. The molecule has 1 aliphatic heterocycles. The van der Waals surface area contributed by atoms with Crippen LogP contribution >= 0.6 is 11.6 Å². The molecule has 11 heteroatoms. The monoisotopic (exact) mass is 400 g/mol. The minimum atomic E-state index is -4.75. The average Bonchev–Trinajstić information content (AvgIpc) is 2.58. The van der Waals surface area contributed by atoms with Crippen molar-refractivity contribution in [1.82, 2.24) is 4.90 Å². The van der Waals surface area contributed by atoms with E-state index in [9.17, 15) is 33.2 Å². The van der Waals surface area contributed by atoms with E-state index in [-0.39, 0.29) is 16.3 Å². The molecule has 0 saturated carbocycles. The number of halogens is 4. The smallest absolute Gasteiger partial charge is 0.406 e. The molecule has 1 amide bonds. The van der Waals surface area contributed by atoms with E-state index in [4.69, 9.17) is 11.6 Å². The molecule has 1 N–H and O–H groups in total. The first-order valence-electron chi connectivity index (χ1n) is 7.46. The van der Waals surface area contributed by atoms with E-state index in [1.807, 2.05) is 0 Å². The van der Waals surface area contributed by atoms with Gasteiger partial charge >= 0.3 is 6.18 Å². The Morgan fingerprint density at radius 2 is 1.93 bits per heavy atom. The first-order valence-corrected chi connectivity index (χ1v) is 7.84. The molecule has 142 valence electrons. The van der Waals surface area contributed by atoms with Crippen molar-refractivity contribution in [2.45, 2.75) is 12.3 Å². The van der Waals surface area contributed by atoms with Crippen molar-refractivity contribution < 1.29 is 28.0 Å². The van der Waals surface area contributed by atoms with E-state index >= 15 is 0 Å². The number of hydrogen-bond acceptors (Lipinski definition) is 5. The van der Waals surface area contributed by atoms with Gasteiger partial charge in [0.25, 0.3) is 11.6 Å². The van der Waals surface area contributed by atoms with Crippen LogP contribution in [0.3, 0.4) is 0 Å². The van der Waals surface area contributed by atoms with Crippen LogP contribution in [0.25, 0.3) is 0 Å². The Kier molecular flexibility index (Phi) is 4.60. The number of para-hydroxylation sites is 1. The van der Waals surface area contributed by atoms with Crippen molar-refractivity contribution >= 4 is 28.9 Å². The third-order valence-electron chi connectivity index (χ3n) is 3.93. The zero-order valence-electron chi connectivity index (χ0n) is 13.3. The Morgan fingerprint density at radius 3 is 2.56 bits per heavy atom. The minimum absolute atomic E-state index is 0.0121. The van der Waals surface area contributed by atoms with Crippen LogP contribution in [0, 0.1) is 10.1 Å². The summed E-state index contributed by atoms with van der Waals surface area (Å²) < 4.78 is 39.1. The van der Waals surface area contributed by atoms with Gasteiger partial charge in [0, 0.05) is 16.8 Å². The maximum Gasteiger partial charge on any atom is 0.406 e. The third-order valence-corrected chi connectivity index (χ3v) is 4.14. The van der Waals surface area contributed by atoms with Gasteiger partial charge in [0.15, 0.2) is 0 Å². The molecule has 7 nitrogen and oxygen atoms in total. The number of fused-ring (bicyclic) bond motifs is 1. The molecule has 0 spiro atoms. The van der Waals surface area contributed by atoms with Gasteiger partial charge in [-0.15, -0.1) is 0 Å². The molecule has 1 aliphatic rings. The van der Waals surface area contributed by atoms with Crippen LogP contribution in [0.15, 0.2) is 36.4 Å². The molecule has 2 aromatic rings. The minimum Gasteiger partial charge on any atom is -0.868 e. The van der Waals surface area contributed by atoms with Gasteiger partial charge in [-0.1, -0.05) is 23.7 Å². The van der Waals surface area contributed by atoms with Crippen molar-refractivity contribution in [3.05, 3.63) is 62.7 Å². The fourth-order valence-electron chi connectivity index (χ4n) is 2.83. The van der Waals surface area contributed by atoms with Crippen LogP contribution in [-0.2, 0) is 0 Å². The highest BCUT2D eigenvalue weighted by atomic mass is 35.5. The van der Waals surface area contributed by atoms with E-state index in [2.05, 4.69) is 5.32 Å². The average molecular weight is 401 g/mol. The van der Waals surface area contributed by atoms with E-state index in [0.29, 0.717) is 4.90 Å². The number of carbonyl (C=O) groups excluding carboxylic acids is 1. The summed E-state index contributed by atoms with van der Waals surface area (Å²) in [5.74, 6) is -2.09. The number of carbonyl (C=O) groups is 1. The SMILES string of the molecule is O=C1c2ccccc2N[C@@H](c2cc(Cl)cc([N+](=O)[O-])c2[O-])N1CC(F)(F)F. The Bertz CT molecular complexity index is 936. The van der Waals surface area contributed by atoms with Crippen molar-refractivity contribution in [1.29, 1.82) is 0 Å². The third kappa shape index (κ3) is 3.61. The van der Waals surface area contributed by atoms with Gasteiger partial charge in [0.1, 0.15) is 12.7 Å². The van der Waals surface area contributed by atoms with Crippen molar-refractivity contribution in [2.75, 3.05) is 11.9 Å². The molecule has 0 aliphatic carbocycles. The standard InChI is InChI=1S/C16H11ClF3N3O4/c17-8-5-10(13(24)12(6-8)23(26)27)14-21-11-4-2-1-3-9(11)15(25)22(14)7-16(18,19)20/h1-6,14,21,24H,7H2/p-1/t14-/m1/s1. The normalized spacial score (nSPS) is 16.7. The molecule has 0 saturated heterocycles. The largest absolute Gasteiger partial charge is 0.868 e. The molecule has 0 fully saturated rings. The molecule has 1 atom stereocenters. The summed E-state index contributed by atoms with van der Waals surface area (Å²) in [6.07, 6.45) is -6.32. The Balaban J connectivity index is 2.17. The van der Waals surface area contributed by atoms with E-state index in [1.54, 1.807) is 6.07 Å². The predicted molar refractivity (Wildman–Crippen MR) is 87.4 cm³/mol. The van der Waals surface area contributed by atoms with Crippen LogP contribution in [0.5, 0.6) is 5.75 Å². The lowest BCUT2D eigenvalue weighted by Gasteiger charge is -2.39. The van der Waals surface area contributed by atoms with Gasteiger partial charge in [-0.25, -0.2) is 0 Å². The second-order valence-electron chi connectivity index (χ2n) is 5.74. The summed E-state index contributed by atoms with van der Waals surface area (Å²) in [4.78, 5) is 23.1. The summed E-state index contributed by atoms with van der Waals surface area (Å²) in [6.45, 7) is -1.66. The predicted octanol–water partition coefficient (Wildman–Crippen LogP) is 3.45. The molecular weight excluding hydrogens is 391 g/mol. The summed E-state index contributed by atoms with van der Waals surface area (Å²) in [5, 5.41) is 25.9. The number of alkyl halides is 3. The van der Waals surface area contributed by atoms with Crippen LogP contribution < -0.4 is 10.4 Å². The van der Waals surface area contributed by atoms with Gasteiger partial charge in [-0.2, -0.15) is 13.2 Å². The highest BCUT2D eigenvalue weighted by Gasteiger charge is 2.41. The van der Waals surface area contributed by atoms with Gasteiger partial charge < -0.3 is 15.3 Å². The fraction of sp³-hybridized carbons (Fsp3) is 0.188. The quantitative estimate of drug-likeness (QED) is 0.628. The van der Waals surface area contributed by atoms with Crippen LogP contribution in [0.4, 0.5) is 24.5 Å². The molecular formula is C16H10ClF3N3O4-. The molecule has 0 bridgehead atoms. The first-order chi connectivity index (χ1) is 12.6. The molecule has 0 aromatic heterocycles. The van der Waals surface area contributed by atoms with Crippen molar-refractivity contribution in [3.8, 4) is 5.75 Å². The topological polar surface area (TPSA) is 98.5 Å². The van der Waals surface area contributed by atoms with Gasteiger partial charge in [0.2, 0.25) is 0 Å². The molecule has 2 aromatic carbocycles. The highest BCUT2D eigenvalue weighted by Crippen LogP contribution is 2.41. The number of nitro benzene ring substituents is 1. The number of nitrogens with one attached hydrogen (secondary N) is 1. The van der Waals surface area contributed by atoms with E-state index < -0.39 is 46.7 Å². The van der Waals surface area contributed by atoms with Gasteiger partial charge in [0.05, 0.1) is 10.5 Å². The Hall–Kier alpha value is -3.01. The molecule has 0 unspecified atom stereocenters. The lowest BCUT2D eigenvalue weighted by atomic mass is 10.0. The highest BCUT2D eigenvalue weighted by molar-refractivity contribution is 6.31. The van der Waals surface area contributed by atoms with Crippen LogP contribution in [0.1, 0.15) is 22.1 Å². The Morgan fingerprint density at radius 1 is 1.26 bits per heavy atom. The lowest BCUT2D eigenvalue weighted by Crippen LogP contribution is -2.47. The maximum absolute atomic E-state index is 13.0. The van der Waals surface area contributed by atoms with Crippen LogP contribution in [0.2, 0.25) is 5.02 Å². The zero-order chi connectivity index (χ0) is 19.9. The number of rotatable bonds is 3. The number of hydrogen-bond donors (Lipinski definition) is 1. The van der Waals surface area contributed by atoms with Crippen LogP contribution in [-0.4, -0.2) is 28.5 Å². The van der Waals surface area contributed by atoms with Crippen molar-refractivity contribution in [3.63, 3.8) is 0 Å². The summed E-state index contributed by atoms with van der Waals surface area (Å²) in [7, 11) is 0. The molecule has 1 heterocycles. The number of amides is 1. The van der Waals surface area contributed by atoms with Gasteiger partial charge in [-0.05, 0) is 29.5 Å². The Labute approximate surface area is 155 Å².